The summed E-state index contributed by atoms with van der Waals surface area (Å²) in [6.45, 7) is -0.854. The normalized spacial score (nSPS) is 10.4. The summed E-state index contributed by atoms with van der Waals surface area (Å²) in [5.74, 6) is -1.15. The van der Waals surface area contributed by atoms with Gasteiger partial charge in [0.15, 0.2) is 6.61 Å². The number of amides is 1. The number of carbonyl (C=O) groups excluding carboxylic acids is 1. The second kappa shape index (κ2) is 3.83. The number of carbonyl (C=O) groups is 1. The van der Waals surface area contributed by atoms with Crippen LogP contribution in [0.2, 0.25) is 0 Å². The molecule has 0 bridgehead atoms. The van der Waals surface area contributed by atoms with Gasteiger partial charge in [-0.3, -0.25) is 4.79 Å². The lowest BCUT2D eigenvalue weighted by molar-refractivity contribution is 0.0763. The fraction of sp³-hybridized carbons (Fsp3) is 0.333. The highest BCUT2D eigenvalue weighted by Gasteiger charge is 2.15. The molecule has 0 aliphatic rings. The monoisotopic (exact) mass is 192 g/mol. The van der Waals surface area contributed by atoms with Crippen LogP contribution in [0.5, 0.6) is 5.88 Å². The van der Waals surface area contributed by atoms with E-state index in [1.165, 1.54) is 0 Å². The van der Waals surface area contributed by atoms with E-state index in [0.717, 1.165) is 6.26 Å². The standard InChI is InChI=1S/C6H6F2N2O3/c7-4(8)2-12-6-3(5(9)11)1-13-10-6/h1,4H,2H2,(H2,9,11). The van der Waals surface area contributed by atoms with E-state index >= 15 is 0 Å². The van der Waals surface area contributed by atoms with Crippen LogP contribution in [0.1, 0.15) is 10.4 Å². The van der Waals surface area contributed by atoms with Gasteiger partial charge in [0.1, 0.15) is 11.8 Å². The van der Waals surface area contributed by atoms with Crippen molar-refractivity contribution in [2.75, 3.05) is 6.61 Å². The number of hydrogen-bond donors (Lipinski definition) is 1. The van der Waals surface area contributed by atoms with Gasteiger partial charge in [0, 0.05) is 0 Å². The molecule has 0 radical (unpaired) electrons. The number of aromatic nitrogens is 1. The number of nitrogens with zero attached hydrogens (tertiary/aromatic N) is 1. The zero-order chi connectivity index (χ0) is 9.84. The van der Waals surface area contributed by atoms with Crippen LogP contribution in [0.25, 0.3) is 0 Å². The molecule has 0 saturated carbocycles. The predicted octanol–water partition coefficient (Wildman–Crippen LogP) is 0.417. The summed E-state index contributed by atoms with van der Waals surface area (Å²) >= 11 is 0. The third kappa shape index (κ3) is 2.39. The Bertz CT molecular complexity index is 300. The van der Waals surface area contributed by atoms with Gasteiger partial charge in [0.25, 0.3) is 18.2 Å². The average Bonchev–Trinajstić information content (AvgIpc) is 2.47. The molecule has 5 nitrogen and oxygen atoms in total. The Balaban J connectivity index is 2.65. The zero-order valence-electron chi connectivity index (χ0n) is 6.37. The number of primary amides is 1. The molecule has 2 N–H and O–H groups in total. The van der Waals surface area contributed by atoms with Crippen LogP contribution in [-0.4, -0.2) is 24.1 Å². The zero-order valence-corrected chi connectivity index (χ0v) is 6.37. The van der Waals surface area contributed by atoms with Crippen LogP contribution in [0.15, 0.2) is 10.8 Å². The van der Waals surface area contributed by atoms with Crippen molar-refractivity contribution in [2.24, 2.45) is 5.73 Å². The number of ether oxygens (including phenoxy) is 1. The smallest absolute Gasteiger partial charge is 0.272 e. The Hall–Kier alpha value is -1.66. The minimum atomic E-state index is -2.64. The molecule has 0 fully saturated rings. The summed E-state index contributed by atoms with van der Waals surface area (Å²) in [7, 11) is 0. The summed E-state index contributed by atoms with van der Waals surface area (Å²) in [4.78, 5) is 10.6. The molecule has 13 heavy (non-hydrogen) atoms. The summed E-state index contributed by atoms with van der Waals surface area (Å²) in [6, 6.07) is 0. The Labute approximate surface area is 71.4 Å². The number of rotatable bonds is 4. The van der Waals surface area contributed by atoms with Crippen molar-refractivity contribution in [3.63, 3.8) is 0 Å². The van der Waals surface area contributed by atoms with Crippen molar-refractivity contribution >= 4 is 5.91 Å². The van der Waals surface area contributed by atoms with Crippen molar-refractivity contribution in [3.05, 3.63) is 11.8 Å². The van der Waals surface area contributed by atoms with E-state index in [0.29, 0.717) is 0 Å². The fourth-order valence-corrected chi connectivity index (χ4v) is 0.636. The summed E-state index contributed by atoms with van der Waals surface area (Å²) in [5, 5.41) is 3.18. The van der Waals surface area contributed by atoms with Gasteiger partial charge in [-0.2, -0.15) is 0 Å². The van der Waals surface area contributed by atoms with Crippen molar-refractivity contribution < 1.29 is 22.8 Å². The van der Waals surface area contributed by atoms with E-state index in [9.17, 15) is 13.6 Å². The van der Waals surface area contributed by atoms with Gasteiger partial charge in [-0.25, -0.2) is 8.78 Å². The molecule has 0 aliphatic heterocycles. The molecule has 1 aromatic heterocycles. The molecule has 1 heterocycles. The van der Waals surface area contributed by atoms with Crippen LogP contribution in [0.4, 0.5) is 8.78 Å². The molecule has 1 rings (SSSR count). The van der Waals surface area contributed by atoms with Gasteiger partial charge in [-0.15, -0.1) is 0 Å². The van der Waals surface area contributed by atoms with Gasteiger partial charge in [-0.05, 0) is 5.16 Å². The van der Waals surface area contributed by atoms with E-state index in [-0.39, 0.29) is 11.4 Å². The summed E-state index contributed by atoms with van der Waals surface area (Å²) in [6.07, 6.45) is -1.71. The number of alkyl halides is 2. The molecule has 0 spiro atoms. The van der Waals surface area contributed by atoms with E-state index < -0.39 is 18.9 Å². The molecule has 0 atom stereocenters. The highest BCUT2D eigenvalue weighted by molar-refractivity contribution is 5.94. The minimum Gasteiger partial charge on any atom is -0.469 e. The highest BCUT2D eigenvalue weighted by atomic mass is 19.3. The van der Waals surface area contributed by atoms with Crippen LogP contribution < -0.4 is 10.5 Å². The first-order valence-corrected chi connectivity index (χ1v) is 3.26. The van der Waals surface area contributed by atoms with Crippen LogP contribution in [0.3, 0.4) is 0 Å². The lowest BCUT2D eigenvalue weighted by Gasteiger charge is -2.00. The van der Waals surface area contributed by atoms with Crippen LogP contribution in [-0.2, 0) is 0 Å². The van der Waals surface area contributed by atoms with Gasteiger partial charge in [0.2, 0.25) is 0 Å². The molecule has 0 aliphatic carbocycles. The third-order valence-corrected chi connectivity index (χ3v) is 1.15. The SMILES string of the molecule is NC(=O)c1conc1OCC(F)F. The summed E-state index contributed by atoms with van der Waals surface area (Å²) in [5.41, 5.74) is 4.71. The van der Waals surface area contributed by atoms with E-state index in [4.69, 9.17) is 5.73 Å². The first-order chi connectivity index (χ1) is 6.11. The van der Waals surface area contributed by atoms with Crippen molar-refractivity contribution in [3.8, 4) is 5.88 Å². The van der Waals surface area contributed by atoms with Gasteiger partial charge in [-0.1, -0.05) is 0 Å². The largest absolute Gasteiger partial charge is 0.469 e. The summed E-state index contributed by atoms with van der Waals surface area (Å²) < 4.78 is 32.1. The highest BCUT2D eigenvalue weighted by Crippen LogP contribution is 2.15. The Morgan fingerprint density at radius 2 is 2.46 bits per heavy atom. The minimum absolute atomic E-state index is 0.152. The van der Waals surface area contributed by atoms with Gasteiger partial charge < -0.3 is 15.0 Å². The first kappa shape index (κ1) is 9.43. The van der Waals surface area contributed by atoms with E-state index in [2.05, 4.69) is 14.4 Å². The Kier molecular flexibility index (Phi) is 2.78. The van der Waals surface area contributed by atoms with Crippen molar-refractivity contribution in [1.29, 1.82) is 0 Å². The Morgan fingerprint density at radius 3 is 3.00 bits per heavy atom. The van der Waals surface area contributed by atoms with Crippen LogP contribution >= 0.6 is 0 Å². The number of hydrogen-bond acceptors (Lipinski definition) is 4. The average molecular weight is 192 g/mol. The molecular weight excluding hydrogens is 186 g/mol. The number of halogens is 2. The van der Waals surface area contributed by atoms with E-state index in [1.807, 2.05) is 0 Å². The maximum Gasteiger partial charge on any atom is 0.272 e. The molecule has 7 heteroatoms. The molecule has 1 amide bonds. The second-order valence-electron chi connectivity index (χ2n) is 2.10. The molecule has 1 aromatic rings. The van der Waals surface area contributed by atoms with Crippen LogP contribution in [0, 0.1) is 0 Å². The van der Waals surface area contributed by atoms with E-state index in [1.54, 1.807) is 0 Å². The molecule has 0 aromatic carbocycles. The fourth-order valence-electron chi connectivity index (χ4n) is 0.636. The third-order valence-electron chi connectivity index (χ3n) is 1.15. The number of nitrogens with two attached hydrogens (primary N) is 1. The topological polar surface area (TPSA) is 78.4 Å². The molecule has 72 valence electrons. The molecule has 0 unspecified atom stereocenters. The van der Waals surface area contributed by atoms with Gasteiger partial charge >= 0.3 is 0 Å². The predicted molar refractivity (Wildman–Crippen MR) is 36.5 cm³/mol. The maximum atomic E-state index is 11.7. The second-order valence-corrected chi connectivity index (χ2v) is 2.10. The maximum absolute atomic E-state index is 11.7. The van der Waals surface area contributed by atoms with Crippen molar-refractivity contribution in [2.45, 2.75) is 6.43 Å². The molecule has 0 saturated heterocycles. The van der Waals surface area contributed by atoms with Gasteiger partial charge in [0.05, 0.1) is 0 Å². The van der Waals surface area contributed by atoms with Crippen molar-refractivity contribution in [1.82, 2.24) is 5.16 Å². The Morgan fingerprint density at radius 1 is 1.77 bits per heavy atom. The first-order valence-electron chi connectivity index (χ1n) is 3.26. The molecular formula is C6H6F2N2O3. The quantitative estimate of drug-likeness (QED) is 0.749. The lowest BCUT2D eigenvalue weighted by Crippen LogP contribution is -2.14. The lowest BCUT2D eigenvalue weighted by atomic mass is 10.3.